The number of hydrogen-bond donors (Lipinski definition) is 1. The summed E-state index contributed by atoms with van der Waals surface area (Å²) in [5.74, 6) is 1.78. The highest BCUT2D eigenvalue weighted by Crippen LogP contribution is 2.43. The third-order valence-corrected chi connectivity index (χ3v) is 7.95. The number of nitrogens with zero attached hydrogens (tertiary/aromatic N) is 4. The van der Waals surface area contributed by atoms with Gasteiger partial charge >= 0.3 is 0 Å². The van der Waals surface area contributed by atoms with Gasteiger partial charge in [0.05, 0.1) is 41.1 Å². The van der Waals surface area contributed by atoms with E-state index in [-0.39, 0.29) is 11.8 Å². The van der Waals surface area contributed by atoms with Gasteiger partial charge in [0.25, 0.3) is 0 Å². The number of methoxy groups -OCH3 is 1. The number of ether oxygens (including phenoxy) is 1. The van der Waals surface area contributed by atoms with Gasteiger partial charge in [-0.15, -0.1) is 0 Å². The molecule has 1 N–H and O–H groups in total. The molecule has 7 heteroatoms. The van der Waals surface area contributed by atoms with Crippen LogP contribution in [0.15, 0.2) is 72.2 Å². The van der Waals surface area contributed by atoms with Crippen LogP contribution in [-0.4, -0.2) is 31.9 Å². The van der Waals surface area contributed by atoms with Crippen LogP contribution in [0.4, 0.5) is 0 Å². The molecule has 0 aliphatic heterocycles. The minimum absolute atomic E-state index is 0.0282. The fraction of sp³-hybridized carbons (Fsp3) is 0.281. The molecule has 0 amide bonds. The first kappa shape index (κ1) is 24.9. The Labute approximate surface area is 227 Å². The summed E-state index contributed by atoms with van der Waals surface area (Å²) in [6.45, 7) is 7.57. The third-order valence-electron chi connectivity index (χ3n) is 7.95. The van der Waals surface area contributed by atoms with E-state index in [1.54, 1.807) is 7.11 Å². The van der Waals surface area contributed by atoms with Gasteiger partial charge in [-0.25, -0.2) is 0 Å². The van der Waals surface area contributed by atoms with Gasteiger partial charge in [-0.1, -0.05) is 36.7 Å². The zero-order valence-corrected chi connectivity index (χ0v) is 22.5. The largest absolute Gasteiger partial charge is 0.508 e. The van der Waals surface area contributed by atoms with E-state index in [9.17, 15) is 5.11 Å². The quantitative estimate of drug-likeness (QED) is 0.221. The van der Waals surface area contributed by atoms with E-state index in [4.69, 9.17) is 19.2 Å². The molecule has 0 bridgehead atoms. The maximum absolute atomic E-state index is 10.0. The number of aromatic nitrogens is 4. The molecule has 1 saturated carbocycles. The monoisotopic (exact) mass is 520 g/mol. The van der Waals surface area contributed by atoms with Gasteiger partial charge < -0.3 is 18.9 Å². The Kier molecular flexibility index (Phi) is 6.43. The summed E-state index contributed by atoms with van der Waals surface area (Å²) in [6, 6.07) is 14.2. The molecule has 1 atom stereocenters. The molecule has 5 aromatic rings. The van der Waals surface area contributed by atoms with E-state index in [0.29, 0.717) is 17.2 Å². The second kappa shape index (κ2) is 10.1. The lowest BCUT2D eigenvalue weighted by Gasteiger charge is -2.26. The molecule has 0 spiro atoms. The highest BCUT2D eigenvalue weighted by molar-refractivity contribution is 5.95. The minimum atomic E-state index is -0.0282. The normalized spacial score (nSPS) is 14.6. The maximum atomic E-state index is 10.0. The number of fused-ring (bicyclic) bond motifs is 1. The summed E-state index contributed by atoms with van der Waals surface area (Å²) in [4.78, 5) is 9.84. The second-order valence-corrected chi connectivity index (χ2v) is 10.3. The molecule has 1 aliphatic carbocycles. The van der Waals surface area contributed by atoms with E-state index < -0.39 is 0 Å². The summed E-state index contributed by atoms with van der Waals surface area (Å²) >= 11 is 0. The summed E-state index contributed by atoms with van der Waals surface area (Å²) in [6.07, 6.45) is 10.8. The number of hydrogen-bond acceptors (Lipinski definition) is 6. The summed E-state index contributed by atoms with van der Waals surface area (Å²) in [7, 11) is 1.60. The number of benzene rings is 1. The molecule has 1 fully saturated rings. The lowest BCUT2D eigenvalue weighted by molar-refractivity contribution is 0.386. The Hall–Kier alpha value is -4.39. The molecule has 1 aromatic carbocycles. The molecular formula is C32H32N4O3. The van der Waals surface area contributed by atoms with Crippen molar-refractivity contribution in [1.29, 1.82) is 0 Å². The molecule has 6 rings (SSSR count). The Morgan fingerprint density at radius 3 is 2.59 bits per heavy atom. The summed E-state index contributed by atoms with van der Waals surface area (Å²) in [5.41, 5.74) is 8.26. The van der Waals surface area contributed by atoms with Crippen molar-refractivity contribution in [2.45, 2.75) is 45.6 Å². The van der Waals surface area contributed by atoms with Crippen molar-refractivity contribution in [3.63, 3.8) is 0 Å². The Morgan fingerprint density at radius 2 is 1.92 bits per heavy atom. The highest BCUT2D eigenvalue weighted by Gasteiger charge is 2.31. The molecule has 0 radical (unpaired) electrons. The smallest absolute Gasteiger partial charge is 0.141 e. The molecule has 1 aliphatic rings. The number of aliphatic hydroxyl groups excluding tert-OH is 1. The van der Waals surface area contributed by atoms with Crippen molar-refractivity contribution >= 4 is 16.8 Å². The van der Waals surface area contributed by atoms with Crippen molar-refractivity contribution in [2.24, 2.45) is 5.92 Å². The van der Waals surface area contributed by atoms with Crippen molar-refractivity contribution < 1.29 is 14.4 Å². The molecule has 4 heterocycles. The molecule has 1 unspecified atom stereocenters. The maximum Gasteiger partial charge on any atom is 0.141 e. The summed E-state index contributed by atoms with van der Waals surface area (Å²) in [5, 5.41) is 14.2. The predicted molar refractivity (Wildman–Crippen MR) is 153 cm³/mol. The molecular weight excluding hydrogens is 488 g/mol. The van der Waals surface area contributed by atoms with Crippen LogP contribution >= 0.6 is 0 Å². The average Bonchev–Trinajstić information content (AvgIpc) is 3.69. The summed E-state index contributed by atoms with van der Waals surface area (Å²) < 4.78 is 13.5. The Balaban J connectivity index is 1.61. The zero-order valence-electron chi connectivity index (χ0n) is 22.5. The third kappa shape index (κ3) is 4.38. The highest BCUT2D eigenvalue weighted by atomic mass is 16.5. The van der Waals surface area contributed by atoms with Crippen molar-refractivity contribution in [1.82, 2.24) is 19.7 Å². The van der Waals surface area contributed by atoms with Gasteiger partial charge in [0.2, 0.25) is 0 Å². The van der Waals surface area contributed by atoms with Crippen molar-refractivity contribution in [2.75, 3.05) is 7.11 Å². The van der Waals surface area contributed by atoms with Crippen LogP contribution in [0.5, 0.6) is 5.75 Å². The van der Waals surface area contributed by atoms with Gasteiger partial charge in [0.1, 0.15) is 17.3 Å². The lowest BCUT2D eigenvalue weighted by atomic mass is 9.94. The first-order chi connectivity index (χ1) is 19.0. The van der Waals surface area contributed by atoms with Gasteiger partial charge in [-0.05, 0) is 68.5 Å². The van der Waals surface area contributed by atoms with Crippen molar-refractivity contribution in [3.8, 4) is 28.0 Å². The van der Waals surface area contributed by atoms with Crippen molar-refractivity contribution in [3.05, 3.63) is 90.3 Å². The van der Waals surface area contributed by atoms with E-state index in [1.165, 1.54) is 12.8 Å². The van der Waals surface area contributed by atoms with E-state index >= 15 is 0 Å². The van der Waals surface area contributed by atoms with Crippen LogP contribution in [0.2, 0.25) is 0 Å². The topological polar surface area (TPSA) is 86.2 Å². The van der Waals surface area contributed by atoms with Gasteiger partial charge in [0.15, 0.2) is 0 Å². The van der Waals surface area contributed by atoms with E-state index in [0.717, 1.165) is 63.3 Å². The molecule has 7 nitrogen and oxygen atoms in total. The lowest BCUT2D eigenvalue weighted by Crippen LogP contribution is -2.19. The van der Waals surface area contributed by atoms with Crippen LogP contribution in [0.3, 0.4) is 0 Å². The fourth-order valence-electron chi connectivity index (χ4n) is 6.13. The number of rotatable bonds is 7. The van der Waals surface area contributed by atoms with Crippen LogP contribution in [0.1, 0.15) is 54.4 Å². The van der Waals surface area contributed by atoms with Gasteiger partial charge in [-0.2, -0.15) is 0 Å². The predicted octanol–water partition coefficient (Wildman–Crippen LogP) is 7.69. The molecule has 0 saturated heterocycles. The standard InChI is InChI=1S/C32H32N4O3/c1-19-30(21(3)39-35-19)24-15-28-31(34-17-24)26(23-12-13-25(20(2)37)29(16-23)38-4)18-36(28)32(22-9-5-6-10-22)27-11-7-8-14-33-27/h7-8,11-18,22,32,37H,2,5-6,9-10H2,1,3-4H3. The first-order valence-corrected chi connectivity index (χ1v) is 13.4. The van der Waals surface area contributed by atoms with Crippen LogP contribution in [0, 0.1) is 19.8 Å². The average molecular weight is 521 g/mol. The van der Waals surface area contributed by atoms with Crippen LogP contribution < -0.4 is 4.74 Å². The number of aliphatic hydroxyl groups is 1. The minimum Gasteiger partial charge on any atom is -0.508 e. The van der Waals surface area contributed by atoms with Crippen LogP contribution in [-0.2, 0) is 0 Å². The van der Waals surface area contributed by atoms with Gasteiger partial charge in [-0.3, -0.25) is 9.97 Å². The van der Waals surface area contributed by atoms with Crippen LogP contribution in [0.25, 0.3) is 39.0 Å². The Bertz CT molecular complexity index is 1640. The first-order valence-electron chi connectivity index (χ1n) is 13.4. The Morgan fingerprint density at radius 1 is 1.10 bits per heavy atom. The SMILES string of the molecule is C=C(O)c1ccc(-c2cn(C(c3ccccn3)C3CCCC3)c3cc(-c4c(C)noc4C)cnc23)cc1OC. The molecule has 39 heavy (non-hydrogen) atoms. The molecule has 4 aromatic heterocycles. The zero-order chi connectivity index (χ0) is 27.1. The number of pyridine rings is 2. The van der Waals surface area contributed by atoms with E-state index in [1.807, 2.05) is 50.5 Å². The fourth-order valence-corrected chi connectivity index (χ4v) is 6.13. The second-order valence-electron chi connectivity index (χ2n) is 10.3. The number of aryl methyl sites for hydroxylation is 2. The van der Waals surface area contributed by atoms with Gasteiger partial charge in [0, 0.05) is 35.3 Å². The molecule has 198 valence electrons. The van der Waals surface area contributed by atoms with E-state index in [2.05, 4.69) is 40.7 Å².